The van der Waals surface area contributed by atoms with Crippen molar-refractivity contribution in [3.8, 4) is 0 Å². The monoisotopic (exact) mass is 268 g/mol. The molecule has 0 radical (unpaired) electrons. The first-order valence-corrected chi connectivity index (χ1v) is 7.14. The SMILES string of the molecule is COC(=O)[C@H](CC(C)C)N1CC[C@@]2(CCCN2)C1=O. The number of nitrogens with zero attached hydrogens (tertiary/aromatic N) is 1. The van der Waals surface area contributed by atoms with Gasteiger partial charge in [-0.2, -0.15) is 0 Å². The van der Waals surface area contributed by atoms with Crippen molar-refractivity contribution in [2.24, 2.45) is 5.92 Å². The van der Waals surface area contributed by atoms with Crippen LogP contribution in [0.1, 0.15) is 39.5 Å². The van der Waals surface area contributed by atoms with Crippen molar-refractivity contribution in [3.05, 3.63) is 0 Å². The molecule has 108 valence electrons. The molecule has 2 saturated heterocycles. The van der Waals surface area contributed by atoms with Crippen LogP contribution in [0.15, 0.2) is 0 Å². The smallest absolute Gasteiger partial charge is 0.328 e. The molecule has 5 nitrogen and oxygen atoms in total. The highest BCUT2D eigenvalue weighted by atomic mass is 16.5. The van der Waals surface area contributed by atoms with Gasteiger partial charge < -0.3 is 15.0 Å². The summed E-state index contributed by atoms with van der Waals surface area (Å²) in [6.45, 7) is 5.66. The molecule has 0 aliphatic carbocycles. The van der Waals surface area contributed by atoms with Crippen molar-refractivity contribution in [2.45, 2.75) is 51.1 Å². The number of likely N-dealkylation sites (tertiary alicyclic amines) is 1. The normalized spacial score (nSPS) is 28.4. The van der Waals surface area contributed by atoms with E-state index in [0.29, 0.717) is 18.9 Å². The Kier molecular flexibility index (Phi) is 4.13. The maximum atomic E-state index is 12.6. The van der Waals surface area contributed by atoms with E-state index in [-0.39, 0.29) is 11.9 Å². The van der Waals surface area contributed by atoms with Crippen molar-refractivity contribution in [2.75, 3.05) is 20.2 Å². The molecule has 5 heteroatoms. The zero-order valence-electron chi connectivity index (χ0n) is 12.1. The molecule has 2 fully saturated rings. The number of methoxy groups -OCH3 is 1. The second-order valence-corrected chi connectivity index (χ2v) is 6.03. The van der Waals surface area contributed by atoms with Crippen molar-refractivity contribution in [3.63, 3.8) is 0 Å². The molecule has 0 unspecified atom stereocenters. The van der Waals surface area contributed by atoms with Crippen molar-refractivity contribution in [1.82, 2.24) is 10.2 Å². The van der Waals surface area contributed by atoms with Gasteiger partial charge in [0.25, 0.3) is 0 Å². The topological polar surface area (TPSA) is 58.6 Å². The third-order valence-electron chi connectivity index (χ3n) is 4.24. The fraction of sp³-hybridized carbons (Fsp3) is 0.857. The summed E-state index contributed by atoms with van der Waals surface area (Å²) in [5.41, 5.74) is -0.400. The van der Waals surface area contributed by atoms with Gasteiger partial charge in [-0.3, -0.25) is 4.79 Å². The van der Waals surface area contributed by atoms with Crippen LogP contribution < -0.4 is 5.32 Å². The number of esters is 1. The fourth-order valence-electron chi connectivity index (χ4n) is 3.23. The first-order chi connectivity index (χ1) is 9.00. The van der Waals surface area contributed by atoms with E-state index < -0.39 is 11.6 Å². The number of carbonyl (C=O) groups excluding carboxylic acids is 2. The minimum absolute atomic E-state index is 0.0843. The largest absolute Gasteiger partial charge is 0.467 e. The average molecular weight is 268 g/mol. The fourth-order valence-corrected chi connectivity index (χ4v) is 3.23. The molecule has 2 rings (SSSR count). The summed E-state index contributed by atoms with van der Waals surface area (Å²) in [5.74, 6) is 0.142. The van der Waals surface area contributed by atoms with Crippen LogP contribution in [0.3, 0.4) is 0 Å². The van der Waals surface area contributed by atoms with Gasteiger partial charge in [-0.15, -0.1) is 0 Å². The van der Waals surface area contributed by atoms with E-state index in [2.05, 4.69) is 19.2 Å². The molecule has 0 aromatic heterocycles. The van der Waals surface area contributed by atoms with E-state index in [4.69, 9.17) is 4.74 Å². The molecule has 0 bridgehead atoms. The Bertz CT molecular complexity index is 362. The van der Waals surface area contributed by atoms with Gasteiger partial charge in [0.1, 0.15) is 6.04 Å². The van der Waals surface area contributed by atoms with E-state index in [1.165, 1.54) is 7.11 Å². The number of ether oxygens (including phenoxy) is 1. The zero-order valence-corrected chi connectivity index (χ0v) is 12.1. The summed E-state index contributed by atoms with van der Waals surface area (Å²) in [7, 11) is 1.39. The highest BCUT2D eigenvalue weighted by molar-refractivity contribution is 5.92. The van der Waals surface area contributed by atoms with E-state index >= 15 is 0 Å². The van der Waals surface area contributed by atoms with Gasteiger partial charge in [-0.05, 0) is 38.1 Å². The number of hydrogen-bond acceptors (Lipinski definition) is 4. The highest BCUT2D eigenvalue weighted by Crippen LogP contribution is 2.33. The Balaban J connectivity index is 2.14. The van der Waals surface area contributed by atoms with Crippen LogP contribution in [0.25, 0.3) is 0 Å². The lowest BCUT2D eigenvalue weighted by Crippen LogP contribution is -2.52. The molecule has 0 aromatic carbocycles. The minimum Gasteiger partial charge on any atom is -0.467 e. The third kappa shape index (κ3) is 2.61. The first kappa shape index (κ1) is 14.3. The van der Waals surface area contributed by atoms with Gasteiger partial charge in [0, 0.05) is 6.54 Å². The molecule has 1 N–H and O–H groups in total. The van der Waals surface area contributed by atoms with Crippen LogP contribution in [0, 0.1) is 5.92 Å². The summed E-state index contributed by atoms with van der Waals surface area (Å²) in [4.78, 5) is 26.3. The number of hydrogen-bond donors (Lipinski definition) is 1. The van der Waals surface area contributed by atoms with Gasteiger partial charge in [0.15, 0.2) is 0 Å². The van der Waals surface area contributed by atoms with Gasteiger partial charge in [-0.1, -0.05) is 13.8 Å². The summed E-state index contributed by atoms with van der Waals surface area (Å²) in [6, 6.07) is -0.431. The molecule has 0 saturated carbocycles. The zero-order chi connectivity index (χ0) is 14.0. The van der Waals surface area contributed by atoms with Gasteiger partial charge in [0.05, 0.1) is 12.6 Å². The number of carbonyl (C=O) groups is 2. The van der Waals surface area contributed by atoms with Crippen LogP contribution in [0.5, 0.6) is 0 Å². The summed E-state index contributed by atoms with van der Waals surface area (Å²) in [6.07, 6.45) is 3.39. The van der Waals surface area contributed by atoms with Crippen LogP contribution >= 0.6 is 0 Å². The van der Waals surface area contributed by atoms with Crippen molar-refractivity contribution in [1.29, 1.82) is 0 Å². The summed E-state index contributed by atoms with van der Waals surface area (Å²) < 4.78 is 4.87. The van der Waals surface area contributed by atoms with E-state index in [0.717, 1.165) is 25.8 Å². The van der Waals surface area contributed by atoms with Crippen LogP contribution in [-0.4, -0.2) is 48.6 Å². The van der Waals surface area contributed by atoms with E-state index in [9.17, 15) is 9.59 Å². The Hall–Kier alpha value is -1.10. The predicted molar refractivity (Wildman–Crippen MR) is 71.6 cm³/mol. The Morgan fingerprint density at radius 3 is 2.74 bits per heavy atom. The van der Waals surface area contributed by atoms with Crippen molar-refractivity contribution >= 4 is 11.9 Å². The minimum atomic E-state index is -0.431. The molecule has 2 atom stereocenters. The quantitative estimate of drug-likeness (QED) is 0.771. The van der Waals surface area contributed by atoms with Gasteiger partial charge >= 0.3 is 5.97 Å². The lowest BCUT2D eigenvalue weighted by atomic mass is 9.95. The molecule has 2 heterocycles. The van der Waals surface area contributed by atoms with Gasteiger partial charge in [0.2, 0.25) is 5.91 Å². The van der Waals surface area contributed by atoms with Crippen LogP contribution in [0.2, 0.25) is 0 Å². The summed E-state index contributed by atoms with van der Waals surface area (Å²) >= 11 is 0. The lowest BCUT2D eigenvalue weighted by molar-refractivity contribution is -0.153. The third-order valence-corrected chi connectivity index (χ3v) is 4.24. The maximum absolute atomic E-state index is 12.6. The number of amides is 1. The maximum Gasteiger partial charge on any atom is 0.328 e. The van der Waals surface area contributed by atoms with Gasteiger partial charge in [-0.25, -0.2) is 4.79 Å². The molecule has 0 aromatic rings. The first-order valence-electron chi connectivity index (χ1n) is 7.14. The Morgan fingerprint density at radius 2 is 2.21 bits per heavy atom. The summed E-state index contributed by atoms with van der Waals surface area (Å²) in [5, 5.41) is 3.33. The molecule has 19 heavy (non-hydrogen) atoms. The number of rotatable bonds is 4. The molecular weight excluding hydrogens is 244 g/mol. The lowest BCUT2D eigenvalue weighted by Gasteiger charge is -2.29. The second kappa shape index (κ2) is 5.49. The molecule has 2 aliphatic rings. The molecular formula is C14H24N2O3. The van der Waals surface area contributed by atoms with Crippen LogP contribution in [-0.2, 0) is 14.3 Å². The second-order valence-electron chi connectivity index (χ2n) is 6.03. The highest BCUT2D eigenvalue weighted by Gasteiger charge is 2.51. The Morgan fingerprint density at radius 1 is 1.47 bits per heavy atom. The molecule has 2 aliphatic heterocycles. The Labute approximate surface area is 114 Å². The van der Waals surface area contributed by atoms with Crippen LogP contribution in [0.4, 0.5) is 0 Å². The van der Waals surface area contributed by atoms with E-state index in [1.807, 2.05) is 0 Å². The predicted octanol–water partition coefficient (Wildman–Crippen LogP) is 0.929. The van der Waals surface area contributed by atoms with E-state index in [1.54, 1.807) is 4.90 Å². The molecule has 1 spiro atoms. The standard InChI is InChI=1S/C14H24N2O3/c1-10(2)9-11(12(17)19-3)16-8-6-14(13(16)18)5-4-7-15-14/h10-11,15H,4-9H2,1-3H3/t11-,14-/m0/s1. The average Bonchev–Trinajstić information content (AvgIpc) is 2.97. The van der Waals surface area contributed by atoms with Crippen molar-refractivity contribution < 1.29 is 14.3 Å². The number of nitrogens with one attached hydrogen (secondary N) is 1. The molecule has 1 amide bonds.